The van der Waals surface area contributed by atoms with Gasteiger partial charge in [0.1, 0.15) is 5.82 Å². The molecule has 31 heavy (non-hydrogen) atoms. The molecule has 0 unspecified atom stereocenters. The molecule has 0 radical (unpaired) electrons. The number of aryl methyl sites for hydroxylation is 3. The second kappa shape index (κ2) is 7.91. The molecule has 5 aromatic rings. The van der Waals surface area contributed by atoms with Crippen molar-refractivity contribution in [1.82, 2.24) is 24.9 Å². The van der Waals surface area contributed by atoms with Gasteiger partial charge in [-0.15, -0.1) is 0 Å². The molecular weight excluding hydrogens is 392 g/mol. The highest BCUT2D eigenvalue weighted by Crippen LogP contribution is 2.20. The summed E-state index contributed by atoms with van der Waals surface area (Å²) >= 11 is 0. The van der Waals surface area contributed by atoms with E-state index in [9.17, 15) is 4.79 Å². The minimum absolute atomic E-state index is 0.216. The summed E-state index contributed by atoms with van der Waals surface area (Å²) in [7, 11) is 1.81. The van der Waals surface area contributed by atoms with Gasteiger partial charge in [0.15, 0.2) is 11.5 Å². The average Bonchev–Trinajstić information content (AvgIpc) is 3.52. The van der Waals surface area contributed by atoms with Crippen molar-refractivity contribution in [3.8, 4) is 11.3 Å². The van der Waals surface area contributed by atoms with Crippen molar-refractivity contribution < 1.29 is 9.32 Å². The van der Waals surface area contributed by atoms with E-state index >= 15 is 0 Å². The van der Waals surface area contributed by atoms with Crippen LogP contribution in [0.25, 0.3) is 22.4 Å². The van der Waals surface area contributed by atoms with Gasteiger partial charge < -0.3 is 14.8 Å². The average molecular weight is 412 g/mol. The van der Waals surface area contributed by atoms with E-state index < -0.39 is 0 Å². The van der Waals surface area contributed by atoms with Gasteiger partial charge in [0, 0.05) is 31.4 Å². The number of amides is 1. The Morgan fingerprint density at radius 2 is 1.97 bits per heavy atom. The molecule has 1 amide bonds. The first-order valence-electron chi connectivity index (χ1n) is 9.94. The van der Waals surface area contributed by atoms with Crippen LogP contribution in [0.15, 0.2) is 71.5 Å². The molecule has 5 rings (SSSR count). The summed E-state index contributed by atoms with van der Waals surface area (Å²) < 4.78 is 6.92. The third-order valence-electron chi connectivity index (χ3n) is 5.03. The number of nitrogens with zero attached hydrogens (tertiary/aromatic N) is 4. The fourth-order valence-corrected chi connectivity index (χ4v) is 3.40. The first-order valence-corrected chi connectivity index (χ1v) is 9.94. The van der Waals surface area contributed by atoms with E-state index in [1.165, 1.54) is 5.56 Å². The molecule has 0 fully saturated rings. The minimum Gasteiger partial charge on any atom is -0.355 e. The molecule has 0 atom stereocenters. The van der Waals surface area contributed by atoms with E-state index in [0.717, 1.165) is 35.3 Å². The number of hydrogen-bond acceptors (Lipinski definition) is 5. The lowest BCUT2D eigenvalue weighted by molar-refractivity contribution is 0.101. The molecule has 0 spiro atoms. The highest BCUT2D eigenvalue weighted by Gasteiger charge is 2.15. The van der Waals surface area contributed by atoms with Crippen LogP contribution in [0.3, 0.4) is 0 Å². The van der Waals surface area contributed by atoms with Crippen LogP contribution in [0.5, 0.6) is 0 Å². The van der Waals surface area contributed by atoms with E-state index in [1.54, 1.807) is 23.1 Å². The zero-order chi connectivity index (χ0) is 21.2. The van der Waals surface area contributed by atoms with Crippen LogP contribution < -0.4 is 5.32 Å². The van der Waals surface area contributed by atoms with Crippen molar-refractivity contribution in [3.05, 3.63) is 84.1 Å². The highest BCUT2D eigenvalue weighted by atomic mass is 16.5. The zero-order valence-electron chi connectivity index (χ0n) is 16.9. The summed E-state index contributed by atoms with van der Waals surface area (Å²) in [5, 5.41) is 10.8. The molecule has 0 aliphatic rings. The first kappa shape index (κ1) is 18.8. The number of aromatic nitrogens is 5. The summed E-state index contributed by atoms with van der Waals surface area (Å²) in [5.41, 5.74) is 4.88. The number of carbonyl (C=O) groups excluding carboxylic acids is 1. The van der Waals surface area contributed by atoms with Gasteiger partial charge in [-0.2, -0.15) is 5.10 Å². The zero-order valence-corrected chi connectivity index (χ0v) is 16.9. The Kier molecular flexibility index (Phi) is 4.80. The Bertz CT molecular complexity index is 1310. The monoisotopic (exact) mass is 412 g/mol. The van der Waals surface area contributed by atoms with Crippen molar-refractivity contribution >= 4 is 22.6 Å². The van der Waals surface area contributed by atoms with Gasteiger partial charge in [-0.3, -0.25) is 9.48 Å². The van der Waals surface area contributed by atoms with Crippen LogP contribution in [-0.2, 0) is 19.9 Å². The van der Waals surface area contributed by atoms with Gasteiger partial charge in [-0.05, 0) is 36.2 Å². The van der Waals surface area contributed by atoms with Crippen molar-refractivity contribution in [3.63, 3.8) is 0 Å². The van der Waals surface area contributed by atoms with E-state index in [-0.39, 0.29) is 11.6 Å². The third kappa shape index (κ3) is 4.09. The van der Waals surface area contributed by atoms with E-state index in [0.29, 0.717) is 11.4 Å². The fraction of sp³-hybridized carbons (Fsp3) is 0.130. The van der Waals surface area contributed by atoms with Crippen LogP contribution in [0.1, 0.15) is 21.9 Å². The Hall–Kier alpha value is -4.20. The standard InChI is InChI=1S/C23H20N6O2/c1-29-14-16(13-24-29)21-12-20(28-31-21)23(30)25-17-9-6-15(7-10-17)8-11-22-26-18-4-2-3-5-19(18)27-22/h2-7,9-10,12-14H,8,11H2,1H3,(H,25,30)(H,26,27). The van der Waals surface area contributed by atoms with Gasteiger partial charge in [-0.25, -0.2) is 4.98 Å². The number of carbonyl (C=O) groups is 1. The quantitative estimate of drug-likeness (QED) is 0.439. The SMILES string of the molecule is Cn1cc(-c2cc(C(=O)Nc3ccc(CCc4nc5ccccc5[nH]4)cc3)no2)cn1. The predicted molar refractivity (Wildman–Crippen MR) is 117 cm³/mol. The maximum Gasteiger partial charge on any atom is 0.277 e. The van der Waals surface area contributed by atoms with Gasteiger partial charge in [-0.1, -0.05) is 29.4 Å². The third-order valence-corrected chi connectivity index (χ3v) is 5.03. The van der Waals surface area contributed by atoms with Crippen LogP contribution in [0.2, 0.25) is 0 Å². The van der Waals surface area contributed by atoms with Crippen LogP contribution in [-0.4, -0.2) is 30.8 Å². The lowest BCUT2D eigenvalue weighted by atomic mass is 10.1. The largest absolute Gasteiger partial charge is 0.355 e. The number of hydrogen-bond donors (Lipinski definition) is 2. The predicted octanol–water partition coefficient (Wildman–Crippen LogP) is 3.99. The molecule has 3 aromatic heterocycles. The molecule has 8 heteroatoms. The molecule has 0 saturated carbocycles. The van der Waals surface area contributed by atoms with E-state index in [1.807, 2.05) is 55.6 Å². The van der Waals surface area contributed by atoms with Crippen molar-refractivity contribution in [2.45, 2.75) is 12.8 Å². The van der Waals surface area contributed by atoms with Crippen molar-refractivity contribution in [2.24, 2.45) is 7.05 Å². The summed E-state index contributed by atoms with van der Waals surface area (Å²) in [6, 6.07) is 17.4. The molecule has 2 aromatic carbocycles. The second-order valence-corrected chi connectivity index (χ2v) is 7.33. The molecule has 0 bridgehead atoms. The van der Waals surface area contributed by atoms with E-state index in [4.69, 9.17) is 4.52 Å². The smallest absolute Gasteiger partial charge is 0.277 e. The Balaban J connectivity index is 1.20. The Labute approximate surface area is 177 Å². The van der Waals surface area contributed by atoms with Crippen LogP contribution >= 0.6 is 0 Å². The number of H-pyrrole nitrogens is 1. The Morgan fingerprint density at radius 3 is 2.74 bits per heavy atom. The number of rotatable bonds is 6. The van der Waals surface area contributed by atoms with Gasteiger partial charge in [0.05, 0.1) is 22.8 Å². The summed E-state index contributed by atoms with van der Waals surface area (Å²) in [6.07, 6.45) is 5.13. The topological polar surface area (TPSA) is 102 Å². The molecule has 154 valence electrons. The van der Waals surface area contributed by atoms with Crippen molar-refractivity contribution in [1.29, 1.82) is 0 Å². The van der Waals surface area contributed by atoms with Gasteiger partial charge in [0.25, 0.3) is 5.91 Å². The molecular formula is C23H20N6O2. The lowest BCUT2D eigenvalue weighted by Gasteiger charge is -2.05. The van der Waals surface area contributed by atoms with Gasteiger partial charge >= 0.3 is 0 Å². The summed E-state index contributed by atoms with van der Waals surface area (Å²) in [6.45, 7) is 0. The lowest BCUT2D eigenvalue weighted by Crippen LogP contribution is -2.12. The molecule has 8 nitrogen and oxygen atoms in total. The molecule has 0 aliphatic heterocycles. The number of benzene rings is 2. The normalized spacial score (nSPS) is 11.1. The maximum atomic E-state index is 12.5. The number of fused-ring (bicyclic) bond motifs is 1. The minimum atomic E-state index is -0.325. The molecule has 3 heterocycles. The highest BCUT2D eigenvalue weighted by molar-refractivity contribution is 6.03. The van der Waals surface area contributed by atoms with Crippen LogP contribution in [0, 0.1) is 0 Å². The fourth-order valence-electron chi connectivity index (χ4n) is 3.40. The Morgan fingerprint density at radius 1 is 1.13 bits per heavy atom. The molecule has 2 N–H and O–H groups in total. The summed E-state index contributed by atoms with van der Waals surface area (Å²) in [5.74, 6) is 1.14. The second-order valence-electron chi connectivity index (χ2n) is 7.33. The maximum absolute atomic E-state index is 12.5. The first-order chi connectivity index (χ1) is 15.1. The van der Waals surface area contributed by atoms with E-state index in [2.05, 4.69) is 25.5 Å². The molecule has 0 saturated heterocycles. The number of anilines is 1. The number of para-hydroxylation sites is 2. The number of aromatic amines is 1. The van der Waals surface area contributed by atoms with Crippen LogP contribution in [0.4, 0.5) is 5.69 Å². The summed E-state index contributed by atoms with van der Waals surface area (Å²) in [4.78, 5) is 20.4. The van der Waals surface area contributed by atoms with Gasteiger partial charge in [0.2, 0.25) is 0 Å². The molecule has 0 aliphatic carbocycles. The number of imidazole rings is 1. The van der Waals surface area contributed by atoms with Crippen molar-refractivity contribution in [2.75, 3.05) is 5.32 Å². The number of nitrogens with one attached hydrogen (secondary N) is 2.